The van der Waals surface area contributed by atoms with Crippen molar-refractivity contribution in [3.63, 3.8) is 0 Å². The van der Waals surface area contributed by atoms with E-state index >= 15 is 0 Å². The maximum atomic E-state index is 13.6. The first kappa shape index (κ1) is 25.6. The quantitative estimate of drug-likeness (QED) is 0.225. The average Bonchev–Trinajstić information content (AvgIpc) is 2.86. The molecule has 36 heavy (non-hydrogen) atoms. The number of nitrogens with zero attached hydrogens (tertiary/aromatic N) is 1. The van der Waals surface area contributed by atoms with E-state index in [1.54, 1.807) is 31.2 Å². The maximum absolute atomic E-state index is 13.6. The van der Waals surface area contributed by atoms with Crippen LogP contribution in [0.2, 0.25) is 5.02 Å². The van der Waals surface area contributed by atoms with Crippen LogP contribution in [0.4, 0.5) is 5.69 Å². The van der Waals surface area contributed by atoms with Crippen molar-refractivity contribution in [3.8, 4) is 0 Å². The zero-order valence-electron chi connectivity index (χ0n) is 20.1. The van der Waals surface area contributed by atoms with E-state index in [0.29, 0.717) is 40.5 Å². The summed E-state index contributed by atoms with van der Waals surface area (Å²) < 4.78 is 10.7. The van der Waals surface area contributed by atoms with Crippen molar-refractivity contribution in [2.24, 2.45) is 0 Å². The highest BCUT2D eigenvalue weighted by molar-refractivity contribution is 6.30. The van der Waals surface area contributed by atoms with E-state index in [4.69, 9.17) is 21.1 Å². The summed E-state index contributed by atoms with van der Waals surface area (Å²) in [4.78, 5) is 37.5. The molecule has 1 aliphatic heterocycles. The third-order valence-electron chi connectivity index (χ3n) is 6.49. The topological polar surface area (TPSA) is 108 Å². The number of nitro benzene ring substituents is 1. The number of dihydropyridines is 1. The molecule has 2 aromatic carbocycles. The lowest BCUT2D eigenvalue weighted by Gasteiger charge is -2.36. The van der Waals surface area contributed by atoms with Crippen LogP contribution in [0, 0.1) is 10.1 Å². The fourth-order valence-electron chi connectivity index (χ4n) is 4.82. The van der Waals surface area contributed by atoms with Gasteiger partial charge in [-0.3, -0.25) is 14.9 Å². The van der Waals surface area contributed by atoms with Crippen molar-refractivity contribution in [3.05, 3.63) is 97.3 Å². The van der Waals surface area contributed by atoms with Gasteiger partial charge in [0.1, 0.15) is 6.61 Å². The third-order valence-corrected chi connectivity index (χ3v) is 6.74. The second kappa shape index (κ2) is 11.1. The Morgan fingerprint density at radius 3 is 2.39 bits per heavy atom. The molecule has 1 aliphatic carbocycles. The van der Waals surface area contributed by atoms with Crippen molar-refractivity contribution < 1.29 is 24.0 Å². The van der Waals surface area contributed by atoms with E-state index in [1.807, 2.05) is 19.1 Å². The standard InChI is InChI=1S/C27H27ClN2O6/c1-3-35-12-13-36-27(32)24-16(2)29-22-14-19(17-4-8-20(28)9-5-17)15-23(31)26(22)25(24)18-6-10-21(11-7-18)30(33)34/h4-11,19,25,29H,3,12-15H2,1-2H3/t19-,25+/m0/s1. The van der Waals surface area contributed by atoms with E-state index in [0.717, 1.165) is 11.3 Å². The number of non-ortho nitro benzene ring substituents is 1. The average molecular weight is 511 g/mol. The second-order valence-electron chi connectivity index (χ2n) is 8.75. The van der Waals surface area contributed by atoms with Gasteiger partial charge in [-0.25, -0.2) is 4.79 Å². The third kappa shape index (κ3) is 5.34. The summed E-state index contributed by atoms with van der Waals surface area (Å²) >= 11 is 6.04. The zero-order chi connectivity index (χ0) is 25.8. The van der Waals surface area contributed by atoms with Crippen LogP contribution in [-0.2, 0) is 19.1 Å². The summed E-state index contributed by atoms with van der Waals surface area (Å²) in [6, 6.07) is 13.4. The molecule has 0 amide bonds. The van der Waals surface area contributed by atoms with Crippen LogP contribution in [0.3, 0.4) is 0 Å². The van der Waals surface area contributed by atoms with Crippen LogP contribution in [0.25, 0.3) is 0 Å². The number of Topliss-reactive ketones (excluding diaryl/α,β-unsaturated/α-hetero) is 1. The summed E-state index contributed by atoms with van der Waals surface area (Å²) in [6.45, 7) is 4.47. The number of rotatable bonds is 8. The minimum atomic E-state index is -0.694. The Labute approximate surface area is 214 Å². The Morgan fingerprint density at radius 1 is 1.08 bits per heavy atom. The van der Waals surface area contributed by atoms with E-state index in [-0.39, 0.29) is 37.0 Å². The van der Waals surface area contributed by atoms with Gasteiger partial charge in [0, 0.05) is 53.1 Å². The number of hydrogen-bond donors (Lipinski definition) is 1. The zero-order valence-corrected chi connectivity index (χ0v) is 20.8. The molecule has 2 aromatic rings. The number of esters is 1. The molecule has 4 rings (SSSR count). The summed E-state index contributed by atoms with van der Waals surface area (Å²) in [7, 11) is 0. The normalized spacial score (nSPS) is 19.6. The van der Waals surface area contributed by atoms with Gasteiger partial charge in [0.05, 0.1) is 17.1 Å². The summed E-state index contributed by atoms with van der Waals surface area (Å²) in [5.41, 5.74) is 3.70. The first-order valence-corrected chi connectivity index (χ1v) is 12.2. The SMILES string of the molecule is CCOCCOC(=O)C1=C(C)NC2=C(C(=O)C[C@@H](c3ccc(Cl)cc3)C2)[C@@H]1c1ccc([N+](=O)[O-])cc1. The number of benzene rings is 2. The van der Waals surface area contributed by atoms with Crippen molar-refractivity contribution in [2.45, 2.75) is 38.5 Å². The maximum Gasteiger partial charge on any atom is 0.336 e. The molecule has 0 spiro atoms. The first-order valence-electron chi connectivity index (χ1n) is 11.8. The largest absolute Gasteiger partial charge is 0.460 e. The van der Waals surface area contributed by atoms with Gasteiger partial charge >= 0.3 is 5.97 Å². The Hall–Kier alpha value is -3.49. The predicted molar refractivity (Wildman–Crippen MR) is 135 cm³/mol. The predicted octanol–water partition coefficient (Wildman–Crippen LogP) is 5.19. The smallest absolute Gasteiger partial charge is 0.336 e. The molecule has 0 radical (unpaired) electrons. The molecule has 0 fully saturated rings. The number of carbonyl (C=O) groups is 2. The molecule has 2 atom stereocenters. The van der Waals surface area contributed by atoms with E-state index in [9.17, 15) is 19.7 Å². The fraction of sp³-hybridized carbons (Fsp3) is 0.333. The lowest BCUT2D eigenvalue weighted by molar-refractivity contribution is -0.384. The lowest BCUT2D eigenvalue weighted by Crippen LogP contribution is -2.36. The Bertz CT molecular complexity index is 1230. The number of allylic oxidation sites excluding steroid dienone is 3. The fourth-order valence-corrected chi connectivity index (χ4v) is 4.94. The van der Waals surface area contributed by atoms with Crippen LogP contribution >= 0.6 is 11.6 Å². The number of nitro groups is 1. The molecular weight excluding hydrogens is 484 g/mol. The van der Waals surface area contributed by atoms with Crippen LogP contribution in [0.15, 0.2) is 71.1 Å². The highest BCUT2D eigenvalue weighted by atomic mass is 35.5. The highest BCUT2D eigenvalue weighted by Crippen LogP contribution is 2.46. The van der Waals surface area contributed by atoms with E-state index in [2.05, 4.69) is 5.32 Å². The number of ether oxygens (including phenoxy) is 2. The van der Waals surface area contributed by atoms with Gasteiger partial charge in [-0.15, -0.1) is 0 Å². The van der Waals surface area contributed by atoms with Gasteiger partial charge in [0.15, 0.2) is 5.78 Å². The Kier molecular flexibility index (Phi) is 7.86. The van der Waals surface area contributed by atoms with Crippen molar-refractivity contribution in [1.82, 2.24) is 5.32 Å². The lowest BCUT2D eigenvalue weighted by atomic mass is 9.71. The monoisotopic (exact) mass is 510 g/mol. The van der Waals surface area contributed by atoms with Crippen LogP contribution in [0.5, 0.6) is 0 Å². The molecule has 0 aromatic heterocycles. The summed E-state index contributed by atoms with van der Waals surface area (Å²) in [5.74, 6) is -1.37. The van der Waals surface area contributed by atoms with Crippen molar-refractivity contribution in [1.29, 1.82) is 0 Å². The molecule has 2 aliphatic rings. The summed E-state index contributed by atoms with van der Waals surface area (Å²) in [6.07, 6.45) is 0.855. The van der Waals surface area contributed by atoms with Crippen molar-refractivity contribution in [2.75, 3.05) is 19.8 Å². The molecule has 188 valence electrons. The van der Waals surface area contributed by atoms with Gasteiger partial charge in [0.2, 0.25) is 0 Å². The molecule has 9 heteroatoms. The molecular formula is C27H27ClN2O6. The van der Waals surface area contributed by atoms with Crippen LogP contribution in [0.1, 0.15) is 49.7 Å². The Morgan fingerprint density at radius 2 is 1.75 bits per heavy atom. The van der Waals surface area contributed by atoms with Gasteiger partial charge < -0.3 is 14.8 Å². The number of hydrogen-bond acceptors (Lipinski definition) is 7. The van der Waals surface area contributed by atoms with Crippen molar-refractivity contribution >= 4 is 29.0 Å². The molecule has 8 nitrogen and oxygen atoms in total. The van der Waals surface area contributed by atoms with Gasteiger partial charge in [-0.2, -0.15) is 0 Å². The first-order chi connectivity index (χ1) is 17.3. The Balaban J connectivity index is 1.72. The molecule has 1 heterocycles. The molecule has 0 saturated carbocycles. The molecule has 0 bridgehead atoms. The van der Waals surface area contributed by atoms with Crippen LogP contribution in [-0.4, -0.2) is 36.5 Å². The molecule has 0 saturated heterocycles. The van der Waals surface area contributed by atoms with Gasteiger partial charge in [0.25, 0.3) is 5.69 Å². The molecule has 1 N–H and O–H groups in total. The number of halogens is 1. The van der Waals surface area contributed by atoms with E-state index in [1.165, 1.54) is 12.1 Å². The summed E-state index contributed by atoms with van der Waals surface area (Å²) in [5, 5.41) is 15.1. The number of ketones is 1. The number of nitrogens with one attached hydrogen (secondary N) is 1. The minimum absolute atomic E-state index is 0.0361. The number of carbonyl (C=O) groups excluding carboxylic acids is 2. The van der Waals surface area contributed by atoms with E-state index < -0.39 is 16.8 Å². The second-order valence-corrected chi connectivity index (χ2v) is 9.19. The van der Waals surface area contributed by atoms with Crippen LogP contribution < -0.4 is 5.32 Å². The minimum Gasteiger partial charge on any atom is -0.460 e. The van der Waals surface area contributed by atoms with Gasteiger partial charge in [-0.05, 0) is 49.4 Å². The van der Waals surface area contributed by atoms with Gasteiger partial charge in [-0.1, -0.05) is 35.9 Å². The molecule has 0 unspecified atom stereocenters. The highest BCUT2D eigenvalue weighted by Gasteiger charge is 2.41.